The third-order valence-electron chi connectivity index (χ3n) is 9.65. The molecule has 3 nitrogen and oxygen atoms in total. The zero-order chi connectivity index (χ0) is 20.4. The van der Waals surface area contributed by atoms with E-state index in [9.17, 15) is 9.00 Å². The molecule has 0 bridgehead atoms. The molecular formula is C25H35NO2S. The van der Waals surface area contributed by atoms with Gasteiger partial charge in [-0.05, 0) is 72.7 Å². The Morgan fingerprint density at radius 1 is 1.00 bits per heavy atom. The second-order valence-electron chi connectivity index (χ2n) is 10.7. The summed E-state index contributed by atoms with van der Waals surface area (Å²) < 4.78 is 14.4. The second kappa shape index (κ2) is 6.93. The Morgan fingerprint density at radius 3 is 2.48 bits per heavy atom. The largest absolute Gasteiger partial charge is 0.274 e. The number of amides is 1. The highest BCUT2D eigenvalue weighted by Crippen LogP contribution is 2.67. The molecule has 0 spiro atoms. The monoisotopic (exact) mass is 413 g/mol. The maximum Gasteiger partial charge on any atom is 0.235 e. The summed E-state index contributed by atoms with van der Waals surface area (Å²) in [6, 6.07) is 10.8. The predicted octanol–water partition coefficient (Wildman–Crippen LogP) is 5.30. The zero-order valence-corrected chi connectivity index (χ0v) is 18.9. The lowest BCUT2D eigenvalue weighted by atomic mass is 9.45. The van der Waals surface area contributed by atoms with Crippen LogP contribution in [0.1, 0.15) is 76.7 Å². The van der Waals surface area contributed by atoms with Gasteiger partial charge >= 0.3 is 0 Å². The van der Waals surface area contributed by atoms with Crippen LogP contribution < -0.4 is 0 Å². The van der Waals surface area contributed by atoms with Crippen LogP contribution in [0.4, 0.5) is 0 Å². The number of hydrogen-bond donors (Lipinski definition) is 0. The van der Waals surface area contributed by atoms with Gasteiger partial charge in [0.1, 0.15) is 11.0 Å². The van der Waals surface area contributed by atoms with Gasteiger partial charge in [0.15, 0.2) is 0 Å². The summed E-state index contributed by atoms with van der Waals surface area (Å²) in [4.78, 5) is 13.1. The lowest BCUT2D eigenvalue weighted by molar-refractivity contribution is -0.152. The molecule has 4 aliphatic rings. The van der Waals surface area contributed by atoms with Crippen molar-refractivity contribution in [2.75, 3.05) is 6.26 Å². The Morgan fingerprint density at radius 2 is 1.76 bits per heavy atom. The molecule has 3 unspecified atom stereocenters. The first-order valence-corrected chi connectivity index (χ1v) is 13.1. The molecule has 4 heteroatoms. The van der Waals surface area contributed by atoms with Crippen LogP contribution in [0.2, 0.25) is 0 Å². The minimum absolute atomic E-state index is 0.00771. The minimum Gasteiger partial charge on any atom is -0.274 e. The summed E-state index contributed by atoms with van der Waals surface area (Å²) in [5, 5.41) is 0. The van der Waals surface area contributed by atoms with E-state index in [2.05, 4.69) is 44.2 Å². The number of rotatable bonds is 2. The summed E-state index contributed by atoms with van der Waals surface area (Å²) in [6.07, 6.45) is 11.2. The van der Waals surface area contributed by atoms with Crippen LogP contribution in [0, 0.1) is 28.6 Å². The van der Waals surface area contributed by atoms with E-state index in [1.165, 1.54) is 44.1 Å². The third kappa shape index (κ3) is 2.80. The topological polar surface area (TPSA) is 37.4 Å². The van der Waals surface area contributed by atoms with Crippen LogP contribution >= 0.6 is 0 Å². The number of carbonyl (C=O) groups excluding carboxylic acids is 1. The Bertz CT molecular complexity index is 825. The van der Waals surface area contributed by atoms with Gasteiger partial charge in [0.25, 0.3) is 0 Å². The highest BCUT2D eigenvalue weighted by atomic mass is 32.2. The molecule has 1 amide bonds. The molecule has 1 heterocycles. The maximum atomic E-state index is 13.1. The van der Waals surface area contributed by atoms with E-state index >= 15 is 0 Å². The molecule has 3 aliphatic carbocycles. The first kappa shape index (κ1) is 19.8. The molecule has 158 valence electrons. The van der Waals surface area contributed by atoms with Gasteiger partial charge in [-0.3, -0.25) is 9.10 Å². The molecule has 0 aromatic heterocycles. The molecular weight excluding hydrogens is 378 g/mol. The minimum atomic E-state index is -1.24. The SMILES string of the molecule is CS(=O)N1C(=O)CC(c2ccccc2)[C@@]2(C)C1CC[C@@H]1[C@H]2CC[C@]2(C)CCC[C@@H]12. The fourth-order valence-corrected chi connectivity index (χ4v) is 9.42. The van der Waals surface area contributed by atoms with E-state index in [0.717, 1.165) is 18.3 Å². The van der Waals surface area contributed by atoms with E-state index in [1.54, 1.807) is 10.6 Å². The van der Waals surface area contributed by atoms with Gasteiger partial charge in [-0.2, -0.15) is 0 Å². The van der Waals surface area contributed by atoms with Gasteiger partial charge in [-0.25, -0.2) is 4.21 Å². The van der Waals surface area contributed by atoms with E-state index in [1.807, 2.05) is 0 Å². The fourth-order valence-electron chi connectivity index (χ4n) is 8.37. The van der Waals surface area contributed by atoms with Crippen molar-refractivity contribution in [1.29, 1.82) is 0 Å². The Kier molecular flexibility index (Phi) is 4.73. The van der Waals surface area contributed by atoms with Crippen molar-refractivity contribution >= 4 is 16.9 Å². The molecule has 0 radical (unpaired) electrons. The van der Waals surface area contributed by atoms with Crippen molar-refractivity contribution < 1.29 is 9.00 Å². The number of piperidine rings is 1. The smallest absolute Gasteiger partial charge is 0.235 e. The van der Waals surface area contributed by atoms with Crippen molar-refractivity contribution in [3.63, 3.8) is 0 Å². The van der Waals surface area contributed by atoms with Gasteiger partial charge in [0.2, 0.25) is 5.91 Å². The van der Waals surface area contributed by atoms with Gasteiger partial charge < -0.3 is 0 Å². The fraction of sp³-hybridized carbons (Fsp3) is 0.720. The highest BCUT2D eigenvalue weighted by molar-refractivity contribution is 7.82. The van der Waals surface area contributed by atoms with Crippen molar-refractivity contribution in [3.8, 4) is 0 Å². The molecule has 5 rings (SSSR count). The highest BCUT2D eigenvalue weighted by Gasteiger charge is 2.63. The Hall–Kier alpha value is -1.16. The van der Waals surface area contributed by atoms with Crippen LogP contribution in [-0.4, -0.2) is 26.7 Å². The number of benzene rings is 1. The van der Waals surface area contributed by atoms with Crippen molar-refractivity contribution in [1.82, 2.24) is 4.31 Å². The summed E-state index contributed by atoms with van der Waals surface area (Å²) in [7, 11) is -1.24. The molecule has 29 heavy (non-hydrogen) atoms. The van der Waals surface area contributed by atoms with E-state index < -0.39 is 11.0 Å². The van der Waals surface area contributed by atoms with Crippen molar-refractivity contribution in [3.05, 3.63) is 35.9 Å². The number of hydrogen-bond acceptors (Lipinski definition) is 2. The first-order valence-electron chi connectivity index (χ1n) is 11.6. The standard InChI is InChI=1S/C25H35NO2S/c1-24-14-7-10-19(24)18-11-12-22-25(2,20(18)13-15-24)21(17-8-5-4-6-9-17)16-23(27)26(22)29(3)28/h4-6,8-9,18-22H,7,10-16H2,1-3H3/t18-,19-,20+,21?,22?,24-,25-,29?/m0/s1. The molecule has 0 N–H and O–H groups in total. The first-order chi connectivity index (χ1) is 13.9. The van der Waals surface area contributed by atoms with Crippen LogP contribution in [0.15, 0.2) is 30.3 Å². The summed E-state index contributed by atoms with van der Waals surface area (Å²) >= 11 is 0. The number of nitrogens with zero attached hydrogens (tertiary/aromatic N) is 1. The molecule has 3 saturated carbocycles. The summed E-state index contributed by atoms with van der Waals surface area (Å²) in [5.74, 6) is 2.56. The van der Waals surface area contributed by atoms with E-state index in [-0.39, 0.29) is 23.3 Å². The number of carbonyl (C=O) groups is 1. The van der Waals surface area contributed by atoms with Crippen molar-refractivity contribution in [2.24, 2.45) is 28.6 Å². The predicted molar refractivity (Wildman–Crippen MR) is 118 cm³/mol. The van der Waals surface area contributed by atoms with Crippen LogP contribution in [0.5, 0.6) is 0 Å². The normalized spacial score (nSPS) is 45.3. The van der Waals surface area contributed by atoms with Gasteiger partial charge in [-0.1, -0.05) is 50.6 Å². The summed E-state index contributed by atoms with van der Waals surface area (Å²) in [5.41, 5.74) is 1.84. The Balaban J connectivity index is 1.60. The average Bonchev–Trinajstić information content (AvgIpc) is 3.10. The number of fused-ring (bicyclic) bond motifs is 5. The quantitative estimate of drug-likeness (QED) is 0.660. The maximum absolute atomic E-state index is 13.1. The molecule has 1 aromatic rings. The zero-order valence-electron chi connectivity index (χ0n) is 18.1. The van der Waals surface area contributed by atoms with Gasteiger partial charge in [0, 0.05) is 18.6 Å². The second-order valence-corrected chi connectivity index (χ2v) is 12.0. The molecule has 8 atom stereocenters. The molecule has 1 aromatic carbocycles. The molecule has 1 saturated heterocycles. The average molecular weight is 414 g/mol. The van der Waals surface area contributed by atoms with Crippen LogP contribution in [-0.2, 0) is 15.8 Å². The van der Waals surface area contributed by atoms with E-state index in [4.69, 9.17) is 0 Å². The van der Waals surface area contributed by atoms with Crippen molar-refractivity contribution in [2.45, 2.75) is 77.2 Å². The summed E-state index contributed by atoms with van der Waals surface area (Å²) in [6.45, 7) is 5.00. The Labute approximate surface area is 178 Å². The molecule has 1 aliphatic heterocycles. The van der Waals surface area contributed by atoms with Crippen LogP contribution in [0.25, 0.3) is 0 Å². The lowest BCUT2D eigenvalue weighted by Gasteiger charge is -2.63. The van der Waals surface area contributed by atoms with Gasteiger partial charge in [0.05, 0.1) is 6.04 Å². The van der Waals surface area contributed by atoms with E-state index in [0.29, 0.717) is 17.8 Å². The van der Waals surface area contributed by atoms with Gasteiger partial charge in [-0.15, -0.1) is 0 Å². The van der Waals surface area contributed by atoms with Crippen LogP contribution in [0.3, 0.4) is 0 Å². The lowest BCUT2D eigenvalue weighted by Crippen LogP contribution is -2.64. The molecule has 4 fully saturated rings. The third-order valence-corrected chi connectivity index (χ3v) is 10.7.